The van der Waals surface area contributed by atoms with E-state index in [2.05, 4.69) is 9.88 Å². The number of β-amino-alcohol motifs (C(OH)–C–C–N with tert-alkyl or cyclic N) is 1. The Hall–Kier alpha value is -2.33. The fourth-order valence-electron chi connectivity index (χ4n) is 2.58. The third kappa shape index (κ3) is 2.76. The van der Waals surface area contributed by atoms with Crippen molar-refractivity contribution in [3.63, 3.8) is 0 Å². The maximum atomic E-state index is 12.1. The monoisotopic (exact) mass is 287 g/mol. The maximum Gasteiger partial charge on any atom is 0.320 e. The average molecular weight is 287 g/mol. The second-order valence-electron chi connectivity index (χ2n) is 5.33. The highest BCUT2D eigenvalue weighted by Gasteiger charge is 2.33. The minimum Gasteiger partial charge on any atom is -0.389 e. The maximum absolute atomic E-state index is 12.1. The number of urea groups is 1. The van der Waals surface area contributed by atoms with E-state index in [1.807, 2.05) is 17.0 Å². The van der Waals surface area contributed by atoms with Crippen LogP contribution >= 0.6 is 0 Å². The molecule has 1 N–H and O–H groups in total. The Morgan fingerprint density at radius 3 is 2.48 bits per heavy atom. The molecule has 110 valence electrons. The third-order valence-electron chi connectivity index (χ3n) is 3.88. The predicted molar refractivity (Wildman–Crippen MR) is 75.7 cm³/mol. The van der Waals surface area contributed by atoms with Crippen LogP contribution in [0.4, 0.5) is 10.6 Å². The second-order valence-corrected chi connectivity index (χ2v) is 5.33. The lowest BCUT2D eigenvalue weighted by Gasteiger charge is -2.42. The number of nitrogens with zero attached hydrogens (tertiary/aromatic N) is 5. The van der Waals surface area contributed by atoms with Gasteiger partial charge < -0.3 is 19.8 Å². The molecule has 7 heteroatoms. The molecule has 0 spiro atoms. The molecule has 2 amide bonds. The first-order valence-electron chi connectivity index (χ1n) is 7.00. The Morgan fingerprint density at radius 1 is 1.24 bits per heavy atom. The minimum absolute atomic E-state index is 0.00716. The van der Waals surface area contributed by atoms with Crippen LogP contribution in [0.5, 0.6) is 0 Å². The molecule has 2 aliphatic heterocycles. The SMILES string of the molecule is N#Cc1ccc(N2CCN(C(=O)N3CC(O)C3)CC2)nc1. The zero-order valence-corrected chi connectivity index (χ0v) is 11.6. The molecule has 0 atom stereocenters. The van der Waals surface area contributed by atoms with Gasteiger partial charge in [0, 0.05) is 32.4 Å². The van der Waals surface area contributed by atoms with E-state index in [9.17, 15) is 9.90 Å². The van der Waals surface area contributed by atoms with Crippen LogP contribution in [-0.4, -0.2) is 71.3 Å². The molecule has 0 aliphatic carbocycles. The lowest BCUT2D eigenvalue weighted by Crippen LogP contribution is -2.60. The van der Waals surface area contributed by atoms with Gasteiger partial charge in [-0.15, -0.1) is 0 Å². The number of aliphatic hydroxyl groups excluding tert-OH is 1. The molecule has 0 saturated carbocycles. The number of amides is 2. The summed E-state index contributed by atoms with van der Waals surface area (Å²) in [6.07, 6.45) is 1.20. The van der Waals surface area contributed by atoms with Gasteiger partial charge in [-0.1, -0.05) is 0 Å². The largest absolute Gasteiger partial charge is 0.389 e. The van der Waals surface area contributed by atoms with Crippen LogP contribution in [0.15, 0.2) is 18.3 Å². The molecule has 0 bridgehead atoms. The van der Waals surface area contributed by atoms with Crippen LogP contribution in [0.2, 0.25) is 0 Å². The van der Waals surface area contributed by atoms with Gasteiger partial charge in [0.2, 0.25) is 0 Å². The molecule has 21 heavy (non-hydrogen) atoms. The van der Waals surface area contributed by atoms with Crippen molar-refractivity contribution >= 4 is 11.8 Å². The molecule has 7 nitrogen and oxygen atoms in total. The Bertz CT molecular complexity index is 554. The summed E-state index contributed by atoms with van der Waals surface area (Å²) in [5.41, 5.74) is 0.545. The van der Waals surface area contributed by atoms with Crippen LogP contribution in [0.25, 0.3) is 0 Å². The van der Waals surface area contributed by atoms with E-state index < -0.39 is 0 Å². The first-order chi connectivity index (χ1) is 10.2. The number of likely N-dealkylation sites (tertiary alicyclic amines) is 1. The van der Waals surface area contributed by atoms with E-state index in [1.54, 1.807) is 17.2 Å². The van der Waals surface area contributed by atoms with Gasteiger partial charge in [0.05, 0.1) is 24.8 Å². The van der Waals surface area contributed by atoms with Crippen molar-refractivity contribution in [1.29, 1.82) is 5.26 Å². The summed E-state index contributed by atoms with van der Waals surface area (Å²) in [6.45, 7) is 3.62. The lowest BCUT2D eigenvalue weighted by atomic mass is 10.2. The quantitative estimate of drug-likeness (QED) is 0.778. The normalized spacial score (nSPS) is 19.1. The van der Waals surface area contributed by atoms with E-state index in [4.69, 9.17) is 5.26 Å². The molecule has 1 aromatic heterocycles. The number of aromatic nitrogens is 1. The molecular weight excluding hydrogens is 270 g/mol. The Labute approximate surface area is 123 Å². The van der Waals surface area contributed by atoms with Gasteiger partial charge in [-0.25, -0.2) is 9.78 Å². The summed E-state index contributed by atoms with van der Waals surface area (Å²) >= 11 is 0. The fraction of sp³-hybridized carbons (Fsp3) is 0.500. The number of carbonyl (C=O) groups excluding carboxylic acids is 1. The summed E-state index contributed by atoms with van der Waals surface area (Å²) in [4.78, 5) is 22.0. The molecule has 3 heterocycles. The number of aliphatic hydroxyl groups is 1. The van der Waals surface area contributed by atoms with Crippen LogP contribution in [-0.2, 0) is 0 Å². The molecule has 0 radical (unpaired) electrons. The van der Waals surface area contributed by atoms with Gasteiger partial charge in [0.1, 0.15) is 11.9 Å². The summed E-state index contributed by atoms with van der Waals surface area (Å²) < 4.78 is 0. The smallest absolute Gasteiger partial charge is 0.320 e. The highest BCUT2D eigenvalue weighted by Crippen LogP contribution is 2.16. The summed E-state index contributed by atoms with van der Waals surface area (Å²) in [6, 6.07) is 5.64. The number of hydrogen-bond donors (Lipinski definition) is 1. The van der Waals surface area contributed by atoms with Crippen molar-refractivity contribution in [3.8, 4) is 6.07 Å². The fourth-order valence-corrected chi connectivity index (χ4v) is 2.58. The van der Waals surface area contributed by atoms with Crippen molar-refractivity contribution < 1.29 is 9.90 Å². The summed E-state index contributed by atoms with van der Waals surface area (Å²) in [7, 11) is 0. The van der Waals surface area contributed by atoms with Crippen LogP contribution in [0, 0.1) is 11.3 Å². The number of hydrogen-bond acceptors (Lipinski definition) is 5. The molecule has 2 saturated heterocycles. The molecule has 0 unspecified atom stereocenters. The van der Waals surface area contributed by atoms with Crippen molar-refractivity contribution in [3.05, 3.63) is 23.9 Å². The zero-order valence-electron chi connectivity index (χ0n) is 11.6. The lowest BCUT2D eigenvalue weighted by molar-refractivity contribution is 0.0145. The number of rotatable bonds is 1. The van der Waals surface area contributed by atoms with Gasteiger partial charge in [0.25, 0.3) is 0 Å². The first kappa shape index (κ1) is 13.6. The second kappa shape index (κ2) is 5.58. The van der Waals surface area contributed by atoms with Gasteiger partial charge in [-0.05, 0) is 12.1 Å². The van der Waals surface area contributed by atoms with E-state index >= 15 is 0 Å². The van der Waals surface area contributed by atoms with Crippen molar-refractivity contribution in [2.24, 2.45) is 0 Å². The van der Waals surface area contributed by atoms with Crippen molar-refractivity contribution in [2.75, 3.05) is 44.2 Å². The van der Waals surface area contributed by atoms with Crippen LogP contribution in [0.1, 0.15) is 5.56 Å². The van der Waals surface area contributed by atoms with E-state index in [-0.39, 0.29) is 12.1 Å². The molecule has 0 aromatic carbocycles. The van der Waals surface area contributed by atoms with Crippen LogP contribution < -0.4 is 4.90 Å². The standard InChI is InChI=1S/C14H17N5O2/c15-7-11-1-2-13(16-8-11)17-3-5-18(6-4-17)14(21)19-9-12(20)10-19/h1-2,8,12,20H,3-6,9-10H2. The Balaban J connectivity index is 1.55. The van der Waals surface area contributed by atoms with Gasteiger partial charge >= 0.3 is 6.03 Å². The molecule has 1 aromatic rings. The number of pyridine rings is 1. The highest BCUT2D eigenvalue weighted by molar-refractivity contribution is 5.75. The van der Waals surface area contributed by atoms with Crippen molar-refractivity contribution in [2.45, 2.75) is 6.10 Å². The van der Waals surface area contributed by atoms with Gasteiger partial charge in [-0.2, -0.15) is 5.26 Å². The third-order valence-corrected chi connectivity index (χ3v) is 3.88. The predicted octanol–water partition coefficient (Wildman–Crippen LogP) is -0.128. The van der Waals surface area contributed by atoms with E-state index in [0.29, 0.717) is 31.7 Å². The van der Waals surface area contributed by atoms with Crippen molar-refractivity contribution in [1.82, 2.24) is 14.8 Å². The minimum atomic E-state index is -0.363. The average Bonchev–Trinajstić information content (AvgIpc) is 2.51. The molecule has 2 fully saturated rings. The van der Waals surface area contributed by atoms with Crippen LogP contribution in [0.3, 0.4) is 0 Å². The van der Waals surface area contributed by atoms with E-state index in [0.717, 1.165) is 18.9 Å². The highest BCUT2D eigenvalue weighted by atomic mass is 16.3. The molecule has 2 aliphatic rings. The zero-order chi connectivity index (χ0) is 14.8. The number of anilines is 1. The summed E-state index contributed by atoms with van der Waals surface area (Å²) in [5, 5.41) is 18.0. The van der Waals surface area contributed by atoms with Gasteiger partial charge in [-0.3, -0.25) is 0 Å². The number of carbonyl (C=O) groups is 1. The topological polar surface area (TPSA) is 83.7 Å². The Morgan fingerprint density at radius 2 is 1.95 bits per heavy atom. The number of piperazine rings is 1. The first-order valence-corrected chi connectivity index (χ1v) is 7.00. The van der Waals surface area contributed by atoms with Gasteiger partial charge in [0.15, 0.2) is 0 Å². The molecule has 3 rings (SSSR count). The van der Waals surface area contributed by atoms with E-state index in [1.165, 1.54) is 0 Å². The Kier molecular flexibility index (Phi) is 3.62. The molecular formula is C14H17N5O2. The summed E-state index contributed by atoms with van der Waals surface area (Å²) in [5.74, 6) is 0.834. The number of nitriles is 1.